The van der Waals surface area contributed by atoms with Crippen molar-refractivity contribution in [3.63, 3.8) is 0 Å². The largest absolute Gasteiger partial charge is 0.331 e. The summed E-state index contributed by atoms with van der Waals surface area (Å²) in [6.45, 7) is 8.21. The number of aryl methyl sites for hydroxylation is 2. The Kier molecular flexibility index (Phi) is 10.6. The maximum absolute atomic E-state index is 13.5. The van der Waals surface area contributed by atoms with Gasteiger partial charge in [0.2, 0.25) is 10.0 Å². The highest BCUT2D eigenvalue weighted by Crippen LogP contribution is 2.22. The molecule has 5 nitrogen and oxygen atoms in total. The smallest absolute Gasteiger partial charge is 0.243 e. The van der Waals surface area contributed by atoms with Crippen LogP contribution in [0.5, 0.6) is 0 Å². The van der Waals surface area contributed by atoms with Crippen molar-refractivity contribution in [1.82, 2.24) is 9.21 Å². The summed E-state index contributed by atoms with van der Waals surface area (Å²) in [6.07, 6.45) is 2.97. The van der Waals surface area contributed by atoms with Crippen LogP contribution < -0.4 is 0 Å². The van der Waals surface area contributed by atoms with Crippen LogP contribution in [0.4, 0.5) is 0 Å². The predicted molar refractivity (Wildman–Crippen MR) is 142 cm³/mol. The van der Waals surface area contributed by atoms with E-state index in [1.165, 1.54) is 0 Å². The number of unbranched alkanes of at least 4 members (excludes halogenated alkanes) is 1. The zero-order valence-electron chi connectivity index (χ0n) is 21.1. The van der Waals surface area contributed by atoms with E-state index in [1.54, 1.807) is 28.6 Å². The minimum Gasteiger partial charge on any atom is -0.331 e. The van der Waals surface area contributed by atoms with Crippen LogP contribution in [0, 0.1) is 13.8 Å². The summed E-state index contributed by atoms with van der Waals surface area (Å²) in [5.41, 5.74) is 3.34. The van der Waals surface area contributed by atoms with Crippen LogP contribution in [-0.4, -0.2) is 76.5 Å². The Morgan fingerprint density at radius 3 is 1.97 bits per heavy atom. The summed E-state index contributed by atoms with van der Waals surface area (Å²) >= 11 is 3.40. The third-order valence-corrected chi connectivity index (χ3v) is 8.05. The lowest BCUT2D eigenvalue weighted by Crippen LogP contribution is -2.37. The fourth-order valence-corrected chi connectivity index (χ4v) is 5.73. The Hall–Kier alpha value is -1.25. The van der Waals surface area contributed by atoms with Gasteiger partial charge in [0.25, 0.3) is 0 Å². The normalized spacial score (nSPS) is 12.6. The maximum atomic E-state index is 13.5. The van der Waals surface area contributed by atoms with Crippen molar-refractivity contribution in [1.29, 1.82) is 0 Å². The van der Waals surface area contributed by atoms with Crippen molar-refractivity contribution in [2.75, 3.05) is 54.4 Å². The summed E-state index contributed by atoms with van der Waals surface area (Å²) in [6, 6.07) is 13.2. The second-order valence-electron chi connectivity index (χ2n) is 10.2. The molecule has 0 atom stereocenters. The van der Waals surface area contributed by atoms with Gasteiger partial charge in [0.15, 0.2) is 0 Å². The topological polar surface area (TPSA) is 40.6 Å². The van der Waals surface area contributed by atoms with Crippen molar-refractivity contribution < 1.29 is 12.9 Å². The molecule has 33 heavy (non-hydrogen) atoms. The van der Waals surface area contributed by atoms with Crippen LogP contribution in [0.25, 0.3) is 0 Å². The van der Waals surface area contributed by atoms with E-state index >= 15 is 0 Å². The Balaban J connectivity index is 2.04. The van der Waals surface area contributed by atoms with Gasteiger partial charge in [-0.15, -0.1) is 0 Å². The van der Waals surface area contributed by atoms with Crippen molar-refractivity contribution in [2.24, 2.45) is 0 Å². The van der Waals surface area contributed by atoms with Crippen molar-refractivity contribution in [2.45, 2.75) is 44.6 Å². The molecule has 0 aliphatic heterocycles. The molecule has 0 fully saturated rings. The van der Waals surface area contributed by atoms with Gasteiger partial charge in [-0.25, -0.2) is 8.42 Å². The quantitative estimate of drug-likeness (QED) is 0.264. The van der Waals surface area contributed by atoms with Gasteiger partial charge in [-0.1, -0.05) is 45.3 Å². The first-order chi connectivity index (χ1) is 15.4. The highest BCUT2D eigenvalue weighted by molar-refractivity contribution is 9.10. The third-order valence-electron chi connectivity index (χ3n) is 5.66. The molecule has 0 radical (unpaired) electrons. The molecular formula is C26H41BrN3O2S+. The first-order valence-electron chi connectivity index (χ1n) is 11.7. The van der Waals surface area contributed by atoms with Crippen molar-refractivity contribution >= 4 is 26.0 Å². The van der Waals surface area contributed by atoms with E-state index in [9.17, 15) is 8.42 Å². The summed E-state index contributed by atoms with van der Waals surface area (Å²) in [4.78, 5) is 2.69. The van der Waals surface area contributed by atoms with Crippen LogP contribution in [-0.2, 0) is 16.6 Å². The van der Waals surface area contributed by atoms with E-state index in [2.05, 4.69) is 81.1 Å². The lowest BCUT2D eigenvalue weighted by atomic mass is 10.1. The molecule has 0 aromatic heterocycles. The number of hydrogen-bond acceptors (Lipinski definition) is 3. The highest BCUT2D eigenvalue weighted by Gasteiger charge is 2.24. The first-order valence-corrected chi connectivity index (χ1v) is 13.9. The Morgan fingerprint density at radius 1 is 0.848 bits per heavy atom. The van der Waals surface area contributed by atoms with Crippen LogP contribution in [0.15, 0.2) is 51.8 Å². The number of sulfonamides is 1. The van der Waals surface area contributed by atoms with E-state index in [0.717, 1.165) is 64.5 Å². The number of hydrogen-bond donors (Lipinski definition) is 0. The monoisotopic (exact) mass is 538 g/mol. The number of nitrogens with zero attached hydrogens (tertiary/aromatic N) is 3. The van der Waals surface area contributed by atoms with E-state index in [-0.39, 0.29) is 0 Å². The van der Waals surface area contributed by atoms with Gasteiger partial charge < -0.3 is 9.38 Å². The average molecular weight is 540 g/mol. The summed E-state index contributed by atoms with van der Waals surface area (Å²) in [5.74, 6) is 0. The van der Waals surface area contributed by atoms with E-state index in [4.69, 9.17) is 0 Å². The molecule has 0 saturated heterocycles. The summed E-state index contributed by atoms with van der Waals surface area (Å²) in [5, 5.41) is 0. The molecule has 7 heteroatoms. The van der Waals surface area contributed by atoms with Crippen LogP contribution >= 0.6 is 15.9 Å². The van der Waals surface area contributed by atoms with Crippen LogP contribution in [0.2, 0.25) is 0 Å². The predicted octanol–water partition coefficient (Wildman–Crippen LogP) is 5.07. The molecule has 2 aromatic carbocycles. The molecular weight excluding hydrogens is 498 g/mol. The van der Waals surface area contributed by atoms with Gasteiger partial charge in [0.05, 0.1) is 32.6 Å². The minimum atomic E-state index is -3.58. The third kappa shape index (κ3) is 9.87. The minimum absolute atomic E-state index is 0.340. The molecule has 0 unspecified atom stereocenters. The Bertz CT molecular complexity index is 965. The number of halogens is 1. The summed E-state index contributed by atoms with van der Waals surface area (Å²) < 4.78 is 30.5. The summed E-state index contributed by atoms with van der Waals surface area (Å²) in [7, 11) is 5.23. The number of rotatable bonds is 13. The molecule has 0 N–H and O–H groups in total. The molecule has 0 aliphatic carbocycles. The molecule has 0 aliphatic rings. The van der Waals surface area contributed by atoms with Gasteiger partial charge >= 0.3 is 0 Å². The molecule has 0 bridgehead atoms. The number of quaternary nitrogens is 1. The van der Waals surface area contributed by atoms with Gasteiger partial charge in [0.1, 0.15) is 0 Å². The van der Waals surface area contributed by atoms with Gasteiger partial charge in [-0.3, -0.25) is 0 Å². The lowest BCUT2D eigenvalue weighted by molar-refractivity contribution is -0.870. The maximum Gasteiger partial charge on any atom is 0.243 e. The first kappa shape index (κ1) is 28.0. The van der Waals surface area contributed by atoms with Gasteiger partial charge in [-0.2, -0.15) is 4.31 Å². The van der Waals surface area contributed by atoms with E-state index < -0.39 is 10.0 Å². The second kappa shape index (κ2) is 12.5. The van der Waals surface area contributed by atoms with Crippen LogP contribution in [0.3, 0.4) is 0 Å². The number of benzene rings is 2. The van der Waals surface area contributed by atoms with E-state index in [1.807, 2.05) is 0 Å². The molecule has 184 valence electrons. The molecule has 0 heterocycles. The van der Waals surface area contributed by atoms with Crippen LogP contribution in [0.1, 0.15) is 36.0 Å². The van der Waals surface area contributed by atoms with Crippen molar-refractivity contribution in [3.8, 4) is 0 Å². The fourth-order valence-electron chi connectivity index (χ4n) is 4.00. The van der Waals surface area contributed by atoms with Crippen molar-refractivity contribution in [3.05, 3.63) is 63.6 Å². The standard InChI is InChI=1S/C26H41BrN3O2S/c1-22-18-23(2)20-24(19-22)21-29(33(31,32)26-12-10-25(27)11-13-26)16-8-7-14-28(3)15-9-17-30(4,5)6/h10-13,18-20H,7-9,14-17,21H2,1-6H3/q+1. The molecule has 2 aromatic rings. The zero-order chi connectivity index (χ0) is 24.6. The van der Waals surface area contributed by atoms with Gasteiger partial charge in [0, 0.05) is 30.5 Å². The molecule has 2 rings (SSSR count). The average Bonchev–Trinajstić information content (AvgIpc) is 2.69. The Morgan fingerprint density at radius 2 is 1.39 bits per heavy atom. The molecule has 0 amide bonds. The molecule has 0 spiro atoms. The fraction of sp³-hybridized carbons (Fsp3) is 0.538. The Labute approximate surface area is 210 Å². The lowest BCUT2D eigenvalue weighted by Gasteiger charge is -2.26. The molecule has 0 saturated carbocycles. The zero-order valence-corrected chi connectivity index (χ0v) is 23.5. The second-order valence-corrected chi connectivity index (χ2v) is 13.0. The highest BCUT2D eigenvalue weighted by atomic mass is 79.9. The van der Waals surface area contributed by atoms with Gasteiger partial charge in [-0.05, 0) is 70.1 Å². The SMILES string of the molecule is Cc1cc(C)cc(CN(CCCCN(C)CCC[N+](C)(C)C)S(=O)(=O)c2ccc(Br)cc2)c1. The van der Waals surface area contributed by atoms with E-state index in [0.29, 0.717) is 18.0 Å².